The molecule has 0 fully saturated rings. The molecule has 0 heterocycles. The van der Waals surface area contributed by atoms with Gasteiger partial charge in [-0.25, -0.2) is 0 Å². The van der Waals surface area contributed by atoms with Crippen molar-refractivity contribution in [2.45, 2.75) is 31.2 Å². The Bertz CT molecular complexity index is 760. The van der Waals surface area contributed by atoms with Crippen LogP contribution in [0.5, 0.6) is 0 Å². The van der Waals surface area contributed by atoms with Crippen LogP contribution in [0.1, 0.15) is 25.7 Å². The topological polar surface area (TPSA) is 144 Å². The molecule has 0 radical (unpaired) electrons. The van der Waals surface area contributed by atoms with Gasteiger partial charge in [-0.05, 0) is 49.8 Å². The Hall–Kier alpha value is -3.46. The van der Waals surface area contributed by atoms with Crippen molar-refractivity contribution >= 4 is 23.6 Å². The second kappa shape index (κ2) is 21.8. The smallest absolute Gasteiger partial charge is 0.295 e. The number of hydrogen-bond donors (Lipinski definition) is 4. The molecule has 0 saturated heterocycles. The minimum absolute atomic E-state index is 0.0907. The number of nitrogens with one attached hydrogen (secondary N) is 4. The van der Waals surface area contributed by atoms with E-state index in [0.717, 1.165) is 6.08 Å². The van der Waals surface area contributed by atoms with Gasteiger partial charge in [0.25, 0.3) is 5.91 Å². The lowest BCUT2D eigenvalue weighted by Crippen LogP contribution is -2.58. The van der Waals surface area contributed by atoms with Gasteiger partial charge in [-0.15, -0.1) is 6.42 Å². The van der Waals surface area contributed by atoms with Gasteiger partial charge >= 0.3 is 0 Å². The van der Waals surface area contributed by atoms with E-state index in [1.54, 1.807) is 0 Å². The highest BCUT2D eigenvalue weighted by Gasteiger charge is 2.33. The summed E-state index contributed by atoms with van der Waals surface area (Å²) in [5, 5.41) is 10.8. The van der Waals surface area contributed by atoms with E-state index >= 15 is 0 Å². The van der Waals surface area contributed by atoms with Crippen molar-refractivity contribution in [3.63, 3.8) is 0 Å². The van der Waals surface area contributed by atoms with Gasteiger partial charge in [0.15, 0.2) is 0 Å². The molecule has 4 N–H and O–H groups in total. The van der Waals surface area contributed by atoms with E-state index in [0.29, 0.717) is 65.1 Å². The van der Waals surface area contributed by atoms with Gasteiger partial charge in [0, 0.05) is 39.5 Å². The minimum Gasteiger partial charge on any atom is -0.379 e. The van der Waals surface area contributed by atoms with Crippen LogP contribution in [-0.4, -0.2) is 88.4 Å². The third kappa shape index (κ3) is 18.5. The lowest BCUT2D eigenvalue weighted by molar-refractivity contribution is -0.123. The number of terminal acetylenes is 1. The molecule has 0 unspecified atom stereocenters. The van der Waals surface area contributed by atoms with Gasteiger partial charge in [0.1, 0.15) is 5.54 Å². The zero-order valence-corrected chi connectivity index (χ0v) is 21.5. The normalized spacial score (nSPS) is 10.5. The Morgan fingerprint density at radius 1 is 0.676 bits per heavy atom. The van der Waals surface area contributed by atoms with Gasteiger partial charge in [-0.1, -0.05) is 19.7 Å². The monoisotopic (exact) mass is 520 g/mol. The molecule has 0 atom stereocenters. The Labute approximate surface area is 219 Å². The zero-order valence-electron chi connectivity index (χ0n) is 21.5. The molecule has 206 valence electrons. The summed E-state index contributed by atoms with van der Waals surface area (Å²) >= 11 is 0. The van der Waals surface area contributed by atoms with Crippen molar-refractivity contribution in [1.29, 1.82) is 0 Å². The number of rotatable bonds is 23. The maximum absolute atomic E-state index is 12.2. The number of unbranched alkanes of at least 4 members (excludes halogenated alkanes) is 1. The molecule has 37 heavy (non-hydrogen) atoms. The van der Waals surface area contributed by atoms with E-state index in [-0.39, 0.29) is 31.6 Å². The maximum atomic E-state index is 12.2. The van der Waals surface area contributed by atoms with Crippen LogP contribution in [0, 0.1) is 12.3 Å². The second-order valence-electron chi connectivity index (χ2n) is 7.94. The summed E-state index contributed by atoms with van der Waals surface area (Å²) in [6.45, 7) is 12.9. The van der Waals surface area contributed by atoms with Crippen molar-refractivity contribution < 1.29 is 33.4 Å². The molecule has 0 aliphatic heterocycles. The first-order valence-electron chi connectivity index (χ1n) is 12.0. The largest absolute Gasteiger partial charge is 0.379 e. The van der Waals surface area contributed by atoms with Crippen LogP contribution in [0.4, 0.5) is 0 Å². The molecule has 0 aromatic rings. The van der Waals surface area contributed by atoms with E-state index < -0.39 is 17.4 Å². The molecular formula is C26H40N4O7. The SMILES string of the molecule is C#CC(=O)NCCCCOCC(COCCCNC(=O)C=C)(COCCCNC(=O)C=C)NC(=O)C=C. The number of amides is 4. The number of carbonyl (C=O) groups is 4. The van der Waals surface area contributed by atoms with E-state index in [1.807, 2.05) is 5.92 Å². The van der Waals surface area contributed by atoms with Crippen LogP contribution < -0.4 is 21.3 Å². The van der Waals surface area contributed by atoms with Crippen LogP contribution >= 0.6 is 0 Å². The van der Waals surface area contributed by atoms with Gasteiger partial charge in [0.2, 0.25) is 17.7 Å². The van der Waals surface area contributed by atoms with E-state index in [1.165, 1.54) is 12.2 Å². The van der Waals surface area contributed by atoms with Crippen LogP contribution in [0.25, 0.3) is 0 Å². The molecule has 4 amide bonds. The zero-order chi connectivity index (χ0) is 27.8. The second-order valence-corrected chi connectivity index (χ2v) is 7.94. The van der Waals surface area contributed by atoms with Crippen molar-refractivity contribution in [3.05, 3.63) is 38.0 Å². The van der Waals surface area contributed by atoms with E-state index in [4.69, 9.17) is 20.6 Å². The van der Waals surface area contributed by atoms with E-state index in [2.05, 4.69) is 41.0 Å². The molecule has 0 bridgehead atoms. The molecule has 11 heteroatoms. The molecule has 11 nitrogen and oxygen atoms in total. The van der Waals surface area contributed by atoms with Crippen molar-refractivity contribution in [1.82, 2.24) is 21.3 Å². The average Bonchev–Trinajstić information content (AvgIpc) is 2.91. The summed E-state index contributed by atoms with van der Waals surface area (Å²) in [4.78, 5) is 45.8. The predicted molar refractivity (Wildman–Crippen MR) is 140 cm³/mol. The van der Waals surface area contributed by atoms with Gasteiger partial charge < -0.3 is 35.5 Å². The minimum atomic E-state index is -1.00. The number of carbonyl (C=O) groups excluding carboxylic acids is 4. The average molecular weight is 521 g/mol. The van der Waals surface area contributed by atoms with Crippen molar-refractivity contribution in [3.8, 4) is 12.3 Å². The summed E-state index contributed by atoms with van der Waals surface area (Å²) in [5.74, 6) is 0.576. The van der Waals surface area contributed by atoms with Gasteiger partial charge in [-0.2, -0.15) is 0 Å². The summed E-state index contributed by atoms with van der Waals surface area (Å²) in [7, 11) is 0. The Morgan fingerprint density at radius 2 is 1.11 bits per heavy atom. The fraction of sp³-hybridized carbons (Fsp3) is 0.538. The number of ether oxygens (including phenoxy) is 3. The van der Waals surface area contributed by atoms with Crippen molar-refractivity contribution in [2.24, 2.45) is 0 Å². The predicted octanol–water partition coefficient (Wildman–Crippen LogP) is -0.00860. The molecule has 0 aliphatic carbocycles. The molecular weight excluding hydrogens is 480 g/mol. The molecule has 0 aromatic carbocycles. The third-order valence-corrected chi connectivity index (χ3v) is 4.74. The standard InChI is InChI=1S/C26H40N4O7/c1-5-22(31)27-13-9-10-16-35-19-26(30-25(34)8-4,20-36-17-11-14-28-23(32)6-2)21-37-18-12-15-29-24(33)7-3/h1,6-8H,2-4,9-21H2,(H,27,31)(H,28,32)(H,29,33)(H,30,34). The first kappa shape index (κ1) is 33.5. The molecule has 0 aliphatic rings. The van der Waals surface area contributed by atoms with E-state index in [9.17, 15) is 19.2 Å². The lowest BCUT2D eigenvalue weighted by atomic mass is 10.0. The Balaban J connectivity index is 4.90. The molecule has 0 aromatic heterocycles. The molecule has 0 saturated carbocycles. The lowest BCUT2D eigenvalue weighted by Gasteiger charge is -2.34. The third-order valence-electron chi connectivity index (χ3n) is 4.74. The quantitative estimate of drug-likeness (QED) is 0.0843. The highest BCUT2D eigenvalue weighted by atomic mass is 16.5. The first-order chi connectivity index (χ1) is 17.8. The highest BCUT2D eigenvalue weighted by molar-refractivity contribution is 5.92. The molecule has 0 rings (SSSR count). The van der Waals surface area contributed by atoms with Crippen molar-refractivity contribution in [2.75, 3.05) is 59.3 Å². The van der Waals surface area contributed by atoms with Crippen LogP contribution in [-0.2, 0) is 33.4 Å². The Kier molecular flexibility index (Phi) is 19.8. The maximum Gasteiger partial charge on any atom is 0.295 e. The summed E-state index contributed by atoms with van der Waals surface area (Å²) in [6.07, 6.45) is 11.0. The summed E-state index contributed by atoms with van der Waals surface area (Å²) in [5.41, 5.74) is -1.00. The van der Waals surface area contributed by atoms with Gasteiger partial charge in [0.05, 0.1) is 19.8 Å². The Morgan fingerprint density at radius 3 is 1.54 bits per heavy atom. The fourth-order valence-electron chi connectivity index (χ4n) is 2.85. The van der Waals surface area contributed by atoms with Gasteiger partial charge in [-0.3, -0.25) is 19.2 Å². The van der Waals surface area contributed by atoms with Crippen LogP contribution in [0.15, 0.2) is 38.0 Å². The summed E-state index contributed by atoms with van der Waals surface area (Å²) < 4.78 is 17.4. The summed E-state index contributed by atoms with van der Waals surface area (Å²) in [6, 6.07) is 0. The van der Waals surface area contributed by atoms with Crippen LogP contribution in [0.3, 0.4) is 0 Å². The fourth-order valence-corrected chi connectivity index (χ4v) is 2.85. The first-order valence-corrected chi connectivity index (χ1v) is 12.0. The molecule has 0 spiro atoms. The van der Waals surface area contributed by atoms with Crippen LogP contribution in [0.2, 0.25) is 0 Å². The number of hydrogen-bond acceptors (Lipinski definition) is 7. The highest BCUT2D eigenvalue weighted by Crippen LogP contribution is 2.11.